The summed E-state index contributed by atoms with van der Waals surface area (Å²) >= 11 is 0.982. The molecule has 0 aliphatic rings. The Balaban J connectivity index is 2.03. The SMILES string of the molecule is CC(=O)SCC(O)C(O)c1ccc(-c2nn[nH]n2)cc1. The van der Waals surface area contributed by atoms with Crippen molar-refractivity contribution in [2.75, 3.05) is 5.75 Å². The molecule has 0 saturated heterocycles. The maximum absolute atomic E-state index is 10.8. The van der Waals surface area contributed by atoms with Gasteiger partial charge in [-0.3, -0.25) is 4.79 Å². The molecule has 2 aromatic rings. The second kappa shape index (κ2) is 6.60. The summed E-state index contributed by atoms with van der Waals surface area (Å²) in [6.07, 6.45) is -2.04. The number of hydrogen-bond acceptors (Lipinski definition) is 7. The van der Waals surface area contributed by atoms with Crippen molar-refractivity contribution in [2.24, 2.45) is 0 Å². The van der Waals surface area contributed by atoms with E-state index in [4.69, 9.17) is 0 Å². The Bertz CT molecular complexity index is 559. The van der Waals surface area contributed by atoms with Gasteiger partial charge in [0.2, 0.25) is 5.82 Å². The number of carbonyl (C=O) groups is 1. The molecule has 0 aliphatic heterocycles. The molecular formula is C12H14N4O3S. The van der Waals surface area contributed by atoms with Crippen LogP contribution in [0.4, 0.5) is 0 Å². The first-order valence-corrected chi connectivity index (χ1v) is 6.89. The number of nitrogens with zero attached hydrogens (tertiary/aromatic N) is 3. The number of thioether (sulfide) groups is 1. The lowest BCUT2D eigenvalue weighted by Gasteiger charge is -2.17. The van der Waals surface area contributed by atoms with Crippen molar-refractivity contribution in [3.05, 3.63) is 29.8 Å². The highest BCUT2D eigenvalue weighted by Gasteiger charge is 2.19. The Morgan fingerprint density at radius 1 is 1.35 bits per heavy atom. The molecule has 0 fully saturated rings. The summed E-state index contributed by atoms with van der Waals surface area (Å²) in [7, 11) is 0. The van der Waals surface area contributed by atoms with E-state index in [1.54, 1.807) is 24.3 Å². The topological polar surface area (TPSA) is 112 Å². The van der Waals surface area contributed by atoms with Gasteiger partial charge in [-0.25, -0.2) is 0 Å². The fraction of sp³-hybridized carbons (Fsp3) is 0.333. The molecule has 0 aliphatic carbocycles. The maximum Gasteiger partial charge on any atom is 0.204 e. The van der Waals surface area contributed by atoms with E-state index in [-0.39, 0.29) is 10.9 Å². The number of tetrazole rings is 1. The molecule has 2 atom stereocenters. The lowest BCUT2D eigenvalue weighted by atomic mass is 10.0. The minimum atomic E-state index is -1.04. The lowest BCUT2D eigenvalue weighted by molar-refractivity contribution is -0.109. The van der Waals surface area contributed by atoms with Crippen LogP contribution in [0.5, 0.6) is 0 Å². The molecule has 8 heteroatoms. The summed E-state index contributed by atoms with van der Waals surface area (Å²) in [6, 6.07) is 6.82. The number of aromatic nitrogens is 4. The number of carbonyl (C=O) groups excluding carboxylic acids is 1. The molecule has 106 valence electrons. The molecule has 1 heterocycles. The highest BCUT2D eigenvalue weighted by molar-refractivity contribution is 8.13. The lowest BCUT2D eigenvalue weighted by Crippen LogP contribution is -2.21. The average molecular weight is 294 g/mol. The molecular weight excluding hydrogens is 280 g/mol. The Kier molecular flexibility index (Phi) is 4.83. The fourth-order valence-corrected chi connectivity index (χ4v) is 2.22. The molecule has 7 nitrogen and oxygen atoms in total. The zero-order chi connectivity index (χ0) is 14.5. The van der Waals surface area contributed by atoms with Crippen LogP contribution in [0.1, 0.15) is 18.6 Å². The number of rotatable bonds is 5. The van der Waals surface area contributed by atoms with E-state index in [2.05, 4.69) is 20.6 Å². The monoisotopic (exact) mass is 294 g/mol. The first-order chi connectivity index (χ1) is 9.58. The highest BCUT2D eigenvalue weighted by Crippen LogP contribution is 2.22. The van der Waals surface area contributed by atoms with Gasteiger partial charge in [0.05, 0.1) is 6.10 Å². The van der Waals surface area contributed by atoms with Gasteiger partial charge in [0, 0.05) is 18.2 Å². The van der Waals surface area contributed by atoms with Crippen LogP contribution >= 0.6 is 11.8 Å². The third-order valence-electron chi connectivity index (χ3n) is 2.68. The van der Waals surface area contributed by atoms with Gasteiger partial charge in [-0.1, -0.05) is 36.0 Å². The highest BCUT2D eigenvalue weighted by atomic mass is 32.2. The summed E-state index contributed by atoms with van der Waals surface area (Å²) < 4.78 is 0. The molecule has 3 N–H and O–H groups in total. The van der Waals surface area contributed by atoms with E-state index < -0.39 is 12.2 Å². The van der Waals surface area contributed by atoms with Gasteiger partial charge < -0.3 is 10.2 Å². The normalized spacial score (nSPS) is 13.9. The molecule has 0 spiro atoms. The van der Waals surface area contributed by atoms with Crippen LogP contribution in [0.15, 0.2) is 24.3 Å². The quantitative estimate of drug-likeness (QED) is 0.737. The third-order valence-corrected chi connectivity index (χ3v) is 3.59. The van der Waals surface area contributed by atoms with E-state index in [0.29, 0.717) is 11.4 Å². The summed E-state index contributed by atoms with van der Waals surface area (Å²) in [5.41, 5.74) is 1.32. The number of nitrogens with one attached hydrogen (secondary N) is 1. The predicted molar refractivity (Wildman–Crippen MR) is 73.7 cm³/mol. The zero-order valence-electron chi connectivity index (χ0n) is 10.7. The van der Waals surface area contributed by atoms with Crippen molar-refractivity contribution < 1.29 is 15.0 Å². The molecule has 20 heavy (non-hydrogen) atoms. The number of aliphatic hydroxyl groups excluding tert-OH is 2. The summed E-state index contributed by atoms with van der Waals surface area (Å²) in [5.74, 6) is 0.613. The van der Waals surface area contributed by atoms with Gasteiger partial charge >= 0.3 is 0 Å². The van der Waals surface area contributed by atoms with Crippen molar-refractivity contribution in [1.82, 2.24) is 20.6 Å². The zero-order valence-corrected chi connectivity index (χ0v) is 11.5. The van der Waals surface area contributed by atoms with Crippen molar-refractivity contribution in [2.45, 2.75) is 19.1 Å². The molecule has 2 unspecified atom stereocenters. The van der Waals surface area contributed by atoms with Crippen LogP contribution in [0.25, 0.3) is 11.4 Å². The second-order valence-electron chi connectivity index (χ2n) is 4.17. The smallest absolute Gasteiger partial charge is 0.204 e. The fourth-order valence-electron chi connectivity index (χ4n) is 1.63. The first-order valence-electron chi connectivity index (χ1n) is 5.91. The molecule has 2 rings (SSSR count). The molecule has 0 radical (unpaired) electrons. The Labute approximate surface area is 119 Å². The van der Waals surface area contributed by atoms with E-state index >= 15 is 0 Å². The van der Waals surface area contributed by atoms with Gasteiger partial charge in [-0.2, -0.15) is 5.21 Å². The van der Waals surface area contributed by atoms with Gasteiger partial charge in [0.25, 0.3) is 0 Å². The summed E-state index contributed by atoms with van der Waals surface area (Å²) in [6.45, 7) is 1.42. The van der Waals surface area contributed by atoms with Gasteiger partial charge in [0.15, 0.2) is 5.12 Å². The molecule has 1 aromatic carbocycles. The van der Waals surface area contributed by atoms with Crippen LogP contribution in [0, 0.1) is 0 Å². The predicted octanol–water partition coefficient (Wildman–Crippen LogP) is 0.541. The maximum atomic E-state index is 10.8. The standard InChI is InChI=1S/C12H14N4O3S/c1-7(17)20-6-10(18)11(19)8-2-4-9(5-3-8)12-13-15-16-14-12/h2-5,10-11,18-19H,6H2,1H3,(H,13,14,15,16). The first kappa shape index (κ1) is 14.6. The molecule has 0 bridgehead atoms. The number of aliphatic hydroxyl groups is 2. The van der Waals surface area contributed by atoms with Crippen LogP contribution in [-0.2, 0) is 4.79 Å². The van der Waals surface area contributed by atoms with Gasteiger partial charge in [0.1, 0.15) is 6.10 Å². The van der Waals surface area contributed by atoms with Crippen molar-refractivity contribution in [1.29, 1.82) is 0 Å². The summed E-state index contributed by atoms with van der Waals surface area (Å²) in [5, 5.41) is 33.2. The van der Waals surface area contributed by atoms with Crippen LogP contribution in [0.2, 0.25) is 0 Å². The molecule has 1 aromatic heterocycles. The van der Waals surface area contributed by atoms with Crippen LogP contribution in [-0.4, -0.2) is 47.8 Å². The van der Waals surface area contributed by atoms with E-state index in [0.717, 1.165) is 17.3 Å². The van der Waals surface area contributed by atoms with E-state index in [9.17, 15) is 15.0 Å². The molecule has 0 saturated carbocycles. The van der Waals surface area contributed by atoms with E-state index in [1.807, 2.05) is 0 Å². The average Bonchev–Trinajstić information content (AvgIpc) is 2.98. The minimum Gasteiger partial charge on any atom is -0.389 e. The Morgan fingerprint density at radius 3 is 2.60 bits per heavy atom. The van der Waals surface area contributed by atoms with E-state index in [1.165, 1.54) is 6.92 Å². The Morgan fingerprint density at radius 2 is 2.05 bits per heavy atom. The molecule has 0 amide bonds. The van der Waals surface area contributed by atoms with Gasteiger partial charge in [-0.05, 0) is 10.8 Å². The Hall–Kier alpha value is -1.77. The largest absolute Gasteiger partial charge is 0.389 e. The minimum absolute atomic E-state index is 0.0938. The second-order valence-corrected chi connectivity index (χ2v) is 5.37. The van der Waals surface area contributed by atoms with Gasteiger partial charge in [-0.15, -0.1) is 10.2 Å². The summed E-state index contributed by atoms with van der Waals surface area (Å²) in [4.78, 5) is 10.8. The van der Waals surface area contributed by atoms with Crippen LogP contribution in [0.3, 0.4) is 0 Å². The number of benzene rings is 1. The van der Waals surface area contributed by atoms with Crippen molar-refractivity contribution in [3.63, 3.8) is 0 Å². The number of hydrogen-bond donors (Lipinski definition) is 3. The van der Waals surface area contributed by atoms with Crippen molar-refractivity contribution in [3.8, 4) is 11.4 Å². The number of aromatic amines is 1. The third kappa shape index (κ3) is 3.62. The van der Waals surface area contributed by atoms with Crippen LogP contribution < -0.4 is 0 Å². The van der Waals surface area contributed by atoms with Crippen molar-refractivity contribution >= 4 is 16.9 Å². The number of H-pyrrole nitrogens is 1.